The topological polar surface area (TPSA) is 66.4 Å². The van der Waals surface area contributed by atoms with Crippen molar-refractivity contribution in [2.24, 2.45) is 0 Å². The molecule has 0 saturated carbocycles. The van der Waals surface area contributed by atoms with Gasteiger partial charge in [0, 0.05) is 0 Å². The summed E-state index contributed by atoms with van der Waals surface area (Å²) in [6.45, 7) is 10.5. The lowest BCUT2D eigenvalue weighted by molar-refractivity contribution is -0.0229. The van der Waals surface area contributed by atoms with Crippen molar-refractivity contribution in [1.29, 1.82) is 0 Å². The first kappa shape index (κ1) is 19.8. The highest BCUT2D eigenvalue weighted by molar-refractivity contribution is 4.41. The van der Waals surface area contributed by atoms with Crippen LogP contribution in [0.2, 0.25) is 0 Å². The van der Waals surface area contributed by atoms with Crippen molar-refractivity contribution in [2.75, 3.05) is 59.5 Å². The second-order valence-electron chi connectivity index (χ2n) is 4.68. The van der Waals surface area contributed by atoms with Crippen LogP contribution in [0.1, 0.15) is 20.8 Å². The van der Waals surface area contributed by atoms with Crippen LogP contribution < -0.4 is 0 Å². The van der Waals surface area contributed by atoms with Gasteiger partial charge in [-0.3, -0.25) is 0 Å². The molecule has 0 aromatic carbocycles. The van der Waals surface area contributed by atoms with Crippen molar-refractivity contribution in [3.8, 4) is 0 Å². The van der Waals surface area contributed by atoms with Crippen LogP contribution in [0.25, 0.3) is 0 Å². The minimum Gasteiger partial charge on any atom is -0.391 e. The van der Waals surface area contributed by atoms with Gasteiger partial charge in [0.05, 0.1) is 71.7 Å². The number of hydrogen-bond donors (Lipinski definition) is 1. The summed E-state index contributed by atoms with van der Waals surface area (Å²) in [5.74, 6) is 0. The van der Waals surface area contributed by atoms with E-state index in [0.29, 0.717) is 59.5 Å². The first-order chi connectivity index (χ1) is 9.63. The minimum atomic E-state index is -0.427. The third kappa shape index (κ3) is 17.8. The van der Waals surface area contributed by atoms with Gasteiger partial charge in [-0.05, 0) is 20.8 Å². The Hall–Kier alpha value is -0.240. The number of rotatable bonds is 15. The number of aliphatic hydroxyl groups excluding tert-OH is 1. The molecule has 1 unspecified atom stereocenters. The lowest BCUT2D eigenvalue weighted by Crippen LogP contribution is -2.16. The maximum Gasteiger partial charge on any atom is 0.0745 e. The Morgan fingerprint density at radius 2 is 1.05 bits per heavy atom. The highest BCUT2D eigenvalue weighted by Crippen LogP contribution is 1.88. The van der Waals surface area contributed by atoms with E-state index in [1.54, 1.807) is 6.92 Å². The summed E-state index contributed by atoms with van der Waals surface area (Å²) in [5.41, 5.74) is 0. The van der Waals surface area contributed by atoms with Gasteiger partial charge in [-0.2, -0.15) is 0 Å². The zero-order chi connectivity index (χ0) is 15.1. The van der Waals surface area contributed by atoms with E-state index in [0.717, 1.165) is 0 Å². The summed E-state index contributed by atoms with van der Waals surface area (Å²) in [5, 5.41) is 8.95. The van der Waals surface area contributed by atoms with Crippen LogP contribution in [0.5, 0.6) is 0 Å². The quantitative estimate of drug-likeness (QED) is 0.452. The molecule has 0 bridgehead atoms. The average Bonchev–Trinajstić information content (AvgIpc) is 2.38. The van der Waals surface area contributed by atoms with Crippen LogP contribution >= 0.6 is 0 Å². The van der Waals surface area contributed by atoms with Gasteiger partial charge >= 0.3 is 0 Å². The van der Waals surface area contributed by atoms with Crippen LogP contribution in [0.3, 0.4) is 0 Å². The summed E-state index contributed by atoms with van der Waals surface area (Å²) in [4.78, 5) is 0. The van der Waals surface area contributed by atoms with Gasteiger partial charge in [0.25, 0.3) is 0 Å². The molecular formula is C14H30O6. The Morgan fingerprint density at radius 3 is 1.45 bits per heavy atom. The van der Waals surface area contributed by atoms with Gasteiger partial charge in [0.2, 0.25) is 0 Å². The molecular weight excluding hydrogens is 264 g/mol. The Balaban J connectivity index is 2.96. The van der Waals surface area contributed by atoms with E-state index >= 15 is 0 Å². The van der Waals surface area contributed by atoms with Crippen molar-refractivity contribution in [3.63, 3.8) is 0 Å². The molecule has 0 aliphatic heterocycles. The van der Waals surface area contributed by atoms with E-state index in [1.165, 1.54) is 0 Å². The van der Waals surface area contributed by atoms with Gasteiger partial charge < -0.3 is 28.8 Å². The van der Waals surface area contributed by atoms with Gasteiger partial charge in [-0.1, -0.05) is 0 Å². The minimum absolute atomic E-state index is 0.247. The lowest BCUT2D eigenvalue weighted by atomic mass is 10.4. The largest absolute Gasteiger partial charge is 0.391 e. The van der Waals surface area contributed by atoms with Crippen LogP contribution in [-0.4, -0.2) is 76.8 Å². The normalized spacial score (nSPS) is 13.1. The second kappa shape index (κ2) is 15.2. The lowest BCUT2D eigenvalue weighted by Gasteiger charge is -2.09. The van der Waals surface area contributed by atoms with Crippen LogP contribution in [0.4, 0.5) is 0 Å². The molecule has 1 atom stereocenters. The maximum atomic E-state index is 8.95. The predicted octanol–water partition coefficient (Wildman–Crippen LogP) is 0.859. The molecule has 6 nitrogen and oxygen atoms in total. The molecule has 0 heterocycles. The summed E-state index contributed by atoms with van der Waals surface area (Å²) in [6.07, 6.45) is -0.180. The van der Waals surface area contributed by atoms with Gasteiger partial charge in [0.15, 0.2) is 0 Å². The van der Waals surface area contributed by atoms with E-state index in [-0.39, 0.29) is 6.10 Å². The summed E-state index contributed by atoms with van der Waals surface area (Å²) >= 11 is 0. The Bertz CT molecular complexity index is 167. The van der Waals surface area contributed by atoms with E-state index in [1.807, 2.05) is 13.8 Å². The fourth-order valence-corrected chi connectivity index (χ4v) is 1.26. The SMILES string of the molecule is CC(O)COCCOCCOCCOCCOC(C)C. The highest BCUT2D eigenvalue weighted by atomic mass is 16.6. The monoisotopic (exact) mass is 294 g/mol. The smallest absolute Gasteiger partial charge is 0.0745 e. The van der Waals surface area contributed by atoms with E-state index in [2.05, 4.69) is 0 Å². The zero-order valence-corrected chi connectivity index (χ0v) is 13.0. The zero-order valence-electron chi connectivity index (χ0n) is 13.0. The second-order valence-corrected chi connectivity index (χ2v) is 4.68. The Morgan fingerprint density at radius 1 is 0.650 bits per heavy atom. The number of hydrogen-bond acceptors (Lipinski definition) is 6. The molecule has 0 spiro atoms. The molecule has 1 N–H and O–H groups in total. The molecule has 0 fully saturated rings. The molecule has 20 heavy (non-hydrogen) atoms. The fourth-order valence-electron chi connectivity index (χ4n) is 1.26. The molecule has 0 radical (unpaired) electrons. The predicted molar refractivity (Wildman–Crippen MR) is 76.0 cm³/mol. The molecule has 0 aromatic heterocycles. The third-order valence-electron chi connectivity index (χ3n) is 2.15. The molecule has 6 heteroatoms. The van der Waals surface area contributed by atoms with Crippen molar-refractivity contribution < 1.29 is 28.8 Å². The first-order valence-corrected chi connectivity index (χ1v) is 7.23. The maximum absolute atomic E-state index is 8.95. The Labute approximate surface area is 122 Å². The third-order valence-corrected chi connectivity index (χ3v) is 2.15. The van der Waals surface area contributed by atoms with Gasteiger partial charge in [0.1, 0.15) is 0 Å². The van der Waals surface area contributed by atoms with Crippen molar-refractivity contribution in [3.05, 3.63) is 0 Å². The van der Waals surface area contributed by atoms with Crippen molar-refractivity contribution >= 4 is 0 Å². The molecule has 0 saturated heterocycles. The summed E-state index contributed by atoms with van der Waals surface area (Å²) in [6, 6.07) is 0. The first-order valence-electron chi connectivity index (χ1n) is 7.23. The average molecular weight is 294 g/mol. The van der Waals surface area contributed by atoms with E-state index < -0.39 is 6.10 Å². The Kier molecular flexibility index (Phi) is 15.0. The molecule has 0 aromatic rings. The fraction of sp³-hybridized carbons (Fsp3) is 1.00. The molecule has 0 amide bonds. The molecule has 0 aliphatic rings. The number of aliphatic hydroxyl groups is 1. The van der Waals surface area contributed by atoms with E-state index in [9.17, 15) is 0 Å². The van der Waals surface area contributed by atoms with Crippen LogP contribution in [0.15, 0.2) is 0 Å². The number of ether oxygens (including phenoxy) is 5. The van der Waals surface area contributed by atoms with Crippen LogP contribution in [-0.2, 0) is 23.7 Å². The van der Waals surface area contributed by atoms with E-state index in [4.69, 9.17) is 28.8 Å². The standard InChI is InChI=1S/C14H30O6/c1-13(2)20-11-10-18-7-6-16-4-5-17-8-9-19-12-14(3)15/h13-15H,4-12H2,1-3H3. The summed E-state index contributed by atoms with van der Waals surface area (Å²) < 4.78 is 26.4. The highest BCUT2D eigenvalue weighted by Gasteiger charge is 1.96. The molecule has 122 valence electrons. The van der Waals surface area contributed by atoms with Crippen LogP contribution in [0, 0.1) is 0 Å². The van der Waals surface area contributed by atoms with Gasteiger partial charge in [-0.15, -0.1) is 0 Å². The summed E-state index contributed by atoms with van der Waals surface area (Å²) in [7, 11) is 0. The van der Waals surface area contributed by atoms with Gasteiger partial charge in [-0.25, -0.2) is 0 Å². The van der Waals surface area contributed by atoms with Crippen molar-refractivity contribution in [1.82, 2.24) is 0 Å². The molecule has 0 aliphatic carbocycles. The van der Waals surface area contributed by atoms with Crippen molar-refractivity contribution in [2.45, 2.75) is 33.0 Å². The molecule has 0 rings (SSSR count).